The predicted octanol–water partition coefficient (Wildman–Crippen LogP) is 2.06. The van der Waals surface area contributed by atoms with Gasteiger partial charge in [0.2, 0.25) is 5.91 Å². The third kappa shape index (κ3) is 2.52. The van der Waals surface area contributed by atoms with Crippen molar-refractivity contribution in [3.63, 3.8) is 0 Å². The Labute approximate surface area is 101 Å². The smallest absolute Gasteiger partial charge is 0.245 e. The number of nitrogens with zero attached hydrogens (tertiary/aromatic N) is 3. The molecule has 17 heavy (non-hydrogen) atoms. The van der Waals surface area contributed by atoms with Gasteiger partial charge in [0.15, 0.2) is 0 Å². The third-order valence-electron chi connectivity index (χ3n) is 2.87. The number of aromatic nitrogens is 1. The van der Waals surface area contributed by atoms with Crippen LogP contribution in [0.3, 0.4) is 0 Å². The van der Waals surface area contributed by atoms with Crippen LogP contribution < -0.4 is 0 Å². The van der Waals surface area contributed by atoms with Gasteiger partial charge in [0, 0.05) is 36.8 Å². The van der Waals surface area contributed by atoms with Gasteiger partial charge in [0.1, 0.15) is 0 Å². The Balaban J connectivity index is 2.28. The lowest BCUT2D eigenvalue weighted by molar-refractivity contribution is -0.135. The molecule has 1 aromatic rings. The summed E-state index contributed by atoms with van der Waals surface area (Å²) in [5.74, 6) is 0.145. The highest BCUT2D eigenvalue weighted by Crippen LogP contribution is 2.19. The highest BCUT2D eigenvalue weighted by atomic mass is 16.2. The van der Waals surface area contributed by atoms with Crippen molar-refractivity contribution < 1.29 is 4.79 Å². The van der Waals surface area contributed by atoms with Gasteiger partial charge in [-0.25, -0.2) is 5.01 Å². The molecule has 0 bridgehead atoms. The Bertz CT molecular complexity index is 428. The zero-order chi connectivity index (χ0) is 12.3. The van der Waals surface area contributed by atoms with Crippen LogP contribution in [-0.2, 0) is 4.79 Å². The largest absolute Gasteiger partial charge is 0.273 e. The summed E-state index contributed by atoms with van der Waals surface area (Å²) in [4.78, 5) is 15.9. The van der Waals surface area contributed by atoms with Crippen LogP contribution >= 0.6 is 0 Å². The molecular formula is C13H17N3O. The van der Waals surface area contributed by atoms with Crippen molar-refractivity contribution in [2.45, 2.75) is 26.7 Å². The van der Waals surface area contributed by atoms with E-state index in [1.165, 1.54) is 0 Å². The third-order valence-corrected chi connectivity index (χ3v) is 2.87. The fourth-order valence-corrected chi connectivity index (χ4v) is 1.96. The highest BCUT2D eigenvalue weighted by molar-refractivity contribution is 6.04. The average molecular weight is 231 g/mol. The molecule has 1 atom stereocenters. The Kier molecular flexibility index (Phi) is 3.52. The molecule has 0 fully saturated rings. The second-order valence-corrected chi connectivity index (χ2v) is 4.35. The first kappa shape index (κ1) is 11.8. The first-order valence-corrected chi connectivity index (χ1v) is 6.01. The molecular weight excluding hydrogens is 214 g/mol. The zero-order valence-electron chi connectivity index (χ0n) is 10.3. The van der Waals surface area contributed by atoms with Gasteiger partial charge in [0.25, 0.3) is 0 Å². The van der Waals surface area contributed by atoms with Crippen LogP contribution in [0.2, 0.25) is 0 Å². The van der Waals surface area contributed by atoms with Crippen LogP contribution in [0.15, 0.2) is 29.6 Å². The minimum atomic E-state index is 0.0159. The summed E-state index contributed by atoms with van der Waals surface area (Å²) in [6.45, 7) is 4.70. The summed E-state index contributed by atoms with van der Waals surface area (Å²) in [6, 6.07) is 3.87. The van der Waals surface area contributed by atoms with Crippen molar-refractivity contribution in [1.29, 1.82) is 0 Å². The van der Waals surface area contributed by atoms with Gasteiger partial charge < -0.3 is 0 Å². The van der Waals surface area contributed by atoms with E-state index in [2.05, 4.69) is 10.1 Å². The average Bonchev–Trinajstić information content (AvgIpc) is 2.36. The second-order valence-electron chi connectivity index (χ2n) is 4.35. The summed E-state index contributed by atoms with van der Waals surface area (Å²) < 4.78 is 0. The van der Waals surface area contributed by atoms with Gasteiger partial charge in [-0.15, -0.1) is 0 Å². The number of carbonyl (C=O) groups excluding carboxylic acids is 1. The van der Waals surface area contributed by atoms with Crippen molar-refractivity contribution >= 4 is 11.6 Å². The first-order chi connectivity index (χ1) is 8.22. The topological polar surface area (TPSA) is 45.6 Å². The van der Waals surface area contributed by atoms with Crippen LogP contribution in [0.1, 0.15) is 32.3 Å². The molecule has 2 heterocycles. The van der Waals surface area contributed by atoms with E-state index < -0.39 is 0 Å². The number of hydrazone groups is 1. The fourth-order valence-electron chi connectivity index (χ4n) is 1.96. The van der Waals surface area contributed by atoms with Crippen LogP contribution in [-0.4, -0.2) is 28.2 Å². The van der Waals surface area contributed by atoms with E-state index in [4.69, 9.17) is 0 Å². The molecule has 0 saturated carbocycles. The standard InChI is InChI=1S/C13H17N3O/c1-3-8-16-13(17)10(2)9-12(15-16)11-4-6-14-7-5-11/h4-7,10H,3,8-9H2,1-2H3. The van der Waals surface area contributed by atoms with Crippen molar-refractivity contribution in [3.05, 3.63) is 30.1 Å². The van der Waals surface area contributed by atoms with Gasteiger partial charge >= 0.3 is 0 Å². The zero-order valence-corrected chi connectivity index (χ0v) is 10.3. The lowest BCUT2D eigenvalue weighted by Gasteiger charge is -2.27. The van der Waals surface area contributed by atoms with Crippen molar-refractivity contribution in [1.82, 2.24) is 9.99 Å². The number of hydrogen-bond donors (Lipinski definition) is 0. The maximum atomic E-state index is 11.9. The number of amides is 1. The van der Waals surface area contributed by atoms with Gasteiger partial charge in [-0.2, -0.15) is 5.10 Å². The van der Waals surface area contributed by atoms with E-state index in [9.17, 15) is 4.79 Å². The van der Waals surface area contributed by atoms with Crippen LogP contribution in [0.4, 0.5) is 0 Å². The molecule has 4 nitrogen and oxygen atoms in total. The normalized spacial score (nSPS) is 20.4. The molecule has 1 aliphatic heterocycles. The first-order valence-electron chi connectivity index (χ1n) is 6.01. The van der Waals surface area contributed by atoms with Crippen molar-refractivity contribution in [2.24, 2.45) is 11.0 Å². The van der Waals surface area contributed by atoms with E-state index in [1.54, 1.807) is 17.4 Å². The maximum Gasteiger partial charge on any atom is 0.245 e. The molecule has 0 aromatic carbocycles. The van der Waals surface area contributed by atoms with Gasteiger partial charge in [0.05, 0.1) is 5.71 Å². The van der Waals surface area contributed by atoms with E-state index >= 15 is 0 Å². The Morgan fingerprint density at radius 3 is 2.76 bits per heavy atom. The molecule has 1 aliphatic rings. The SMILES string of the molecule is CCCN1N=C(c2ccncc2)CC(C)C1=O. The Hall–Kier alpha value is -1.71. The summed E-state index contributed by atoms with van der Waals surface area (Å²) in [5.41, 5.74) is 2.04. The molecule has 0 spiro atoms. The molecule has 90 valence electrons. The molecule has 2 rings (SSSR count). The monoisotopic (exact) mass is 231 g/mol. The number of hydrogen-bond acceptors (Lipinski definition) is 3. The molecule has 0 N–H and O–H groups in total. The maximum absolute atomic E-state index is 11.9. The summed E-state index contributed by atoms with van der Waals surface area (Å²) in [6.07, 6.45) is 5.14. The van der Waals surface area contributed by atoms with E-state index in [0.717, 1.165) is 17.7 Å². The van der Waals surface area contributed by atoms with Gasteiger partial charge in [-0.3, -0.25) is 9.78 Å². The van der Waals surface area contributed by atoms with Gasteiger partial charge in [-0.05, 0) is 18.6 Å². The summed E-state index contributed by atoms with van der Waals surface area (Å²) in [5, 5.41) is 6.05. The number of pyridine rings is 1. The molecule has 4 heteroatoms. The lowest BCUT2D eigenvalue weighted by Crippen LogP contribution is -2.38. The Morgan fingerprint density at radius 1 is 1.41 bits per heavy atom. The van der Waals surface area contributed by atoms with Gasteiger partial charge in [-0.1, -0.05) is 13.8 Å². The molecule has 0 radical (unpaired) electrons. The van der Waals surface area contributed by atoms with Crippen molar-refractivity contribution in [2.75, 3.05) is 6.54 Å². The van der Waals surface area contributed by atoms with E-state index in [0.29, 0.717) is 13.0 Å². The van der Waals surface area contributed by atoms with Crippen LogP contribution in [0, 0.1) is 5.92 Å². The lowest BCUT2D eigenvalue weighted by atomic mass is 9.97. The Morgan fingerprint density at radius 2 is 2.12 bits per heavy atom. The fraction of sp³-hybridized carbons (Fsp3) is 0.462. The summed E-state index contributed by atoms with van der Waals surface area (Å²) in [7, 11) is 0. The van der Waals surface area contributed by atoms with Crippen LogP contribution in [0.5, 0.6) is 0 Å². The number of rotatable bonds is 3. The van der Waals surface area contributed by atoms with Crippen LogP contribution in [0.25, 0.3) is 0 Å². The minimum Gasteiger partial charge on any atom is -0.273 e. The molecule has 0 saturated heterocycles. The summed E-state index contributed by atoms with van der Waals surface area (Å²) >= 11 is 0. The highest BCUT2D eigenvalue weighted by Gasteiger charge is 2.27. The number of carbonyl (C=O) groups is 1. The van der Waals surface area contributed by atoms with E-state index in [-0.39, 0.29) is 11.8 Å². The predicted molar refractivity (Wildman–Crippen MR) is 66.6 cm³/mol. The van der Waals surface area contributed by atoms with E-state index in [1.807, 2.05) is 26.0 Å². The second kappa shape index (κ2) is 5.08. The quantitative estimate of drug-likeness (QED) is 0.799. The van der Waals surface area contributed by atoms with Crippen molar-refractivity contribution in [3.8, 4) is 0 Å². The molecule has 1 aromatic heterocycles. The molecule has 0 aliphatic carbocycles. The minimum absolute atomic E-state index is 0.0159. The molecule has 1 amide bonds. The molecule has 1 unspecified atom stereocenters.